The fraction of sp³-hybridized carbons (Fsp3) is 0.500. The number of ether oxygens (including phenoxy) is 1. The summed E-state index contributed by atoms with van der Waals surface area (Å²) in [6.45, 7) is -1.84. The van der Waals surface area contributed by atoms with Crippen LogP contribution in [0.25, 0.3) is 0 Å². The van der Waals surface area contributed by atoms with Crippen LogP contribution in [0.1, 0.15) is 9.67 Å². The van der Waals surface area contributed by atoms with Crippen molar-refractivity contribution in [3.05, 3.63) is 20.8 Å². The first-order chi connectivity index (χ1) is 10.2. The summed E-state index contributed by atoms with van der Waals surface area (Å²) in [5.41, 5.74) is 0. The number of nitrogens with one attached hydrogen (secondary N) is 1. The Morgan fingerprint density at radius 1 is 1.41 bits per heavy atom. The van der Waals surface area contributed by atoms with Crippen LogP contribution in [0.5, 0.6) is 0 Å². The molecule has 1 N–H and O–H groups in total. The predicted octanol–water partition coefficient (Wildman–Crippen LogP) is 2.28. The molecule has 1 heterocycles. The number of amides is 2. The third-order valence-electron chi connectivity index (χ3n) is 2.35. The number of alkyl halides is 3. The zero-order valence-electron chi connectivity index (χ0n) is 11.6. The van der Waals surface area contributed by atoms with Gasteiger partial charge in [-0.05, 0) is 28.1 Å². The van der Waals surface area contributed by atoms with E-state index in [0.717, 1.165) is 3.79 Å². The summed E-state index contributed by atoms with van der Waals surface area (Å²) in [5.74, 6) is -0.777. The van der Waals surface area contributed by atoms with Crippen LogP contribution in [0, 0.1) is 0 Å². The third kappa shape index (κ3) is 7.23. The summed E-state index contributed by atoms with van der Waals surface area (Å²) in [6, 6.07) is 3.36. The van der Waals surface area contributed by atoms with E-state index in [1.165, 1.54) is 23.3 Å². The zero-order chi connectivity index (χ0) is 16.8. The quantitative estimate of drug-likeness (QED) is 0.711. The number of carbonyl (C=O) groups is 2. The van der Waals surface area contributed by atoms with Gasteiger partial charge in [-0.2, -0.15) is 13.2 Å². The molecule has 124 valence electrons. The van der Waals surface area contributed by atoms with Gasteiger partial charge in [0.15, 0.2) is 0 Å². The van der Waals surface area contributed by atoms with Crippen LogP contribution in [-0.2, 0) is 9.53 Å². The van der Waals surface area contributed by atoms with Crippen molar-refractivity contribution in [2.24, 2.45) is 0 Å². The van der Waals surface area contributed by atoms with Crippen molar-refractivity contribution >= 4 is 39.1 Å². The highest BCUT2D eigenvalue weighted by Crippen LogP contribution is 2.22. The molecule has 0 aromatic carbocycles. The maximum absolute atomic E-state index is 12.0. The van der Waals surface area contributed by atoms with Gasteiger partial charge in [-0.1, -0.05) is 0 Å². The average Bonchev–Trinajstić information content (AvgIpc) is 2.82. The molecule has 0 bridgehead atoms. The van der Waals surface area contributed by atoms with E-state index in [1.807, 2.05) is 0 Å². The van der Waals surface area contributed by atoms with Gasteiger partial charge in [-0.3, -0.25) is 9.59 Å². The average molecular weight is 403 g/mol. The molecule has 1 rings (SSSR count). The van der Waals surface area contributed by atoms with Crippen LogP contribution in [0.15, 0.2) is 15.9 Å². The second-order valence-corrected chi connectivity index (χ2v) is 6.75. The Kier molecular flexibility index (Phi) is 7.30. The first kappa shape index (κ1) is 18.9. The van der Waals surface area contributed by atoms with Gasteiger partial charge in [0.2, 0.25) is 5.91 Å². The molecule has 1 aromatic rings. The molecular formula is C12H14BrF3N2O3S. The molecule has 0 saturated heterocycles. The summed E-state index contributed by atoms with van der Waals surface area (Å²) in [5, 5.41) is 2.38. The topological polar surface area (TPSA) is 58.6 Å². The Morgan fingerprint density at radius 3 is 2.64 bits per heavy atom. The van der Waals surface area contributed by atoms with Crippen molar-refractivity contribution in [1.29, 1.82) is 0 Å². The van der Waals surface area contributed by atoms with Crippen LogP contribution >= 0.6 is 27.3 Å². The van der Waals surface area contributed by atoms with Crippen molar-refractivity contribution in [2.75, 3.05) is 33.4 Å². The lowest BCUT2D eigenvalue weighted by molar-refractivity contribution is -0.173. The van der Waals surface area contributed by atoms with E-state index in [9.17, 15) is 22.8 Å². The third-order valence-corrected chi connectivity index (χ3v) is 3.96. The van der Waals surface area contributed by atoms with Gasteiger partial charge in [-0.15, -0.1) is 11.3 Å². The molecule has 0 saturated carbocycles. The highest BCUT2D eigenvalue weighted by atomic mass is 79.9. The summed E-state index contributed by atoms with van der Waals surface area (Å²) in [4.78, 5) is 25.2. The van der Waals surface area contributed by atoms with Crippen molar-refractivity contribution in [2.45, 2.75) is 6.18 Å². The predicted molar refractivity (Wildman–Crippen MR) is 78.9 cm³/mol. The van der Waals surface area contributed by atoms with E-state index in [2.05, 4.69) is 26.0 Å². The minimum absolute atomic E-state index is 0.0541. The molecule has 1 aromatic heterocycles. The van der Waals surface area contributed by atoms with Gasteiger partial charge in [0.1, 0.15) is 6.61 Å². The Morgan fingerprint density at radius 2 is 2.09 bits per heavy atom. The second kappa shape index (κ2) is 8.49. The van der Waals surface area contributed by atoms with E-state index in [0.29, 0.717) is 4.88 Å². The van der Waals surface area contributed by atoms with Crippen LogP contribution in [0.2, 0.25) is 0 Å². The first-order valence-corrected chi connectivity index (χ1v) is 7.72. The Labute approximate surface area is 137 Å². The van der Waals surface area contributed by atoms with Crippen LogP contribution in [0.4, 0.5) is 13.2 Å². The zero-order valence-corrected chi connectivity index (χ0v) is 14.0. The molecule has 22 heavy (non-hydrogen) atoms. The lowest BCUT2D eigenvalue weighted by Crippen LogP contribution is -2.39. The molecule has 5 nitrogen and oxygen atoms in total. The Balaban J connectivity index is 2.25. The first-order valence-electron chi connectivity index (χ1n) is 6.11. The second-order valence-electron chi connectivity index (χ2n) is 4.28. The van der Waals surface area contributed by atoms with Gasteiger partial charge in [-0.25, -0.2) is 0 Å². The fourth-order valence-corrected chi connectivity index (χ4v) is 2.79. The molecular weight excluding hydrogens is 389 g/mol. The molecule has 0 fully saturated rings. The number of rotatable bonds is 7. The van der Waals surface area contributed by atoms with Gasteiger partial charge >= 0.3 is 6.18 Å². The lowest BCUT2D eigenvalue weighted by Gasteiger charge is -2.16. The van der Waals surface area contributed by atoms with Crippen molar-refractivity contribution < 1.29 is 27.5 Å². The summed E-state index contributed by atoms with van der Waals surface area (Å²) >= 11 is 4.48. The standard InChI is InChI=1S/C12H14BrF3N2O3S/c1-18(11(20)8-2-3-9(13)22-8)6-10(19)17-4-5-21-7-12(14,15)16/h2-3H,4-7H2,1H3,(H,17,19). The number of thiophene rings is 1. The maximum atomic E-state index is 12.0. The number of hydrogen-bond acceptors (Lipinski definition) is 4. The number of hydrogen-bond donors (Lipinski definition) is 1. The van der Waals surface area contributed by atoms with Gasteiger partial charge < -0.3 is 15.0 Å². The molecule has 0 atom stereocenters. The molecule has 10 heteroatoms. The van der Waals surface area contributed by atoms with Crippen molar-refractivity contribution in [3.63, 3.8) is 0 Å². The molecule has 0 radical (unpaired) electrons. The fourth-order valence-electron chi connectivity index (χ4n) is 1.41. The van der Waals surface area contributed by atoms with Gasteiger partial charge in [0, 0.05) is 13.6 Å². The minimum atomic E-state index is -4.38. The van der Waals surface area contributed by atoms with Crippen molar-refractivity contribution in [3.8, 4) is 0 Å². The lowest BCUT2D eigenvalue weighted by atomic mass is 10.4. The van der Waals surface area contributed by atoms with E-state index in [4.69, 9.17) is 0 Å². The molecule has 2 amide bonds. The van der Waals surface area contributed by atoms with Gasteiger partial charge in [0.05, 0.1) is 21.8 Å². The number of likely N-dealkylation sites (N-methyl/N-ethyl adjacent to an activating group) is 1. The summed E-state index contributed by atoms with van der Waals surface area (Å²) < 4.78 is 40.6. The van der Waals surface area contributed by atoms with E-state index in [1.54, 1.807) is 12.1 Å². The highest BCUT2D eigenvalue weighted by Gasteiger charge is 2.27. The molecule has 0 aliphatic heterocycles. The van der Waals surface area contributed by atoms with Crippen LogP contribution in [0.3, 0.4) is 0 Å². The smallest absolute Gasteiger partial charge is 0.370 e. The molecule has 0 unspecified atom stereocenters. The molecule has 0 aliphatic rings. The Hall–Kier alpha value is -1.13. The molecule has 0 spiro atoms. The Bertz CT molecular complexity index is 522. The monoisotopic (exact) mass is 402 g/mol. The highest BCUT2D eigenvalue weighted by molar-refractivity contribution is 9.11. The SMILES string of the molecule is CN(CC(=O)NCCOCC(F)(F)F)C(=O)c1ccc(Br)s1. The minimum Gasteiger partial charge on any atom is -0.370 e. The van der Waals surface area contributed by atoms with E-state index < -0.39 is 18.7 Å². The summed E-state index contributed by atoms with van der Waals surface area (Å²) in [6.07, 6.45) is -4.38. The van der Waals surface area contributed by atoms with Crippen LogP contribution < -0.4 is 5.32 Å². The normalized spacial score (nSPS) is 11.3. The summed E-state index contributed by atoms with van der Waals surface area (Å²) in [7, 11) is 1.47. The van der Waals surface area contributed by atoms with E-state index >= 15 is 0 Å². The number of nitrogens with zero attached hydrogens (tertiary/aromatic N) is 1. The maximum Gasteiger partial charge on any atom is 0.411 e. The van der Waals surface area contributed by atoms with Crippen LogP contribution in [-0.4, -0.2) is 56.2 Å². The molecule has 0 aliphatic carbocycles. The van der Waals surface area contributed by atoms with Crippen molar-refractivity contribution in [1.82, 2.24) is 10.2 Å². The van der Waals surface area contributed by atoms with Gasteiger partial charge in [0.25, 0.3) is 5.91 Å². The largest absolute Gasteiger partial charge is 0.411 e. The number of carbonyl (C=O) groups excluding carboxylic acids is 2. The number of halogens is 4. The van der Waals surface area contributed by atoms with E-state index in [-0.39, 0.29) is 25.6 Å².